The minimum atomic E-state index is -2.65. The van der Waals surface area contributed by atoms with E-state index in [9.17, 15) is 40.2 Å². The number of phenolic OH excluding ortho intramolecular Hbond substituents is 4. The van der Waals surface area contributed by atoms with Gasteiger partial charge in [-0.2, -0.15) is 0 Å². The highest BCUT2D eigenvalue weighted by molar-refractivity contribution is 5.98. The Labute approximate surface area is 172 Å². The van der Waals surface area contributed by atoms with Gasteiger partial charge in [0.2, 0.25) is 11.6 Å². The summed E-state index contributed by atoms with van der Waals surface area (Å²) in [6, 6.07) is 7.92. The highest BCUT2D eigenvalue weighted by atomic mass is 16.5. The van der Waals surface area contributed by atoms with E-state index >= 15 is 0 Å². The Kier molecular flexibility index (Phi) is 7.35. The van der Waals surface area contributed by atoms with Crippen molar-refractivity contribution < 1.29 is 40.2 Å². The third kappa shape index (κ3) is 6.47. The number of phenols is 4. The molecule has 0 aliphatic rings. The van der Waals surface area contributed by atoms with E-state index in [2.05, 4.69) is 0 Å². The Bertz CT molecular complexity index is 989. The van der Waals surface area contributed by atoms with Crippen molar-refractivity contribution in [2.45, 2.75) is 25.0 Å². The van der Waals surface area contributed by atoms with Crippen LogP contribution in [0.15, 0.2) is 48.6 Å². The molecule has 0 spiro atoms. The largest absolute Gasteiger partial charge is 0.504 e. The van der Waals surface area contributed by atoms with Crippen LogP contribution in [0.5, 0.6) is 23.0 Å². The number of allylic oxidation sites excluding steroid dienone is 1. The van der Waals surface area contributed by atoms with Crippen LogP contribution in [0.1, 0.15) is 30.4 Å². The van der Waals surface area contributed by atoms with Crippen LogP contribution in [0.3, 0.4) is 0 Å². The van der Waals surface area contributed by atoms with Gasteiger partial charge in [-0.25, -0.2) is 0 Å². The molecule has 0 saturated carbocycles. The lowest BCUT2D eigenvalue weighted by Gasteiger charge is -2.17. The second-order valence-electron chi connectivity index (χ2n) is 6.66. The summed E-state index contributed by atoms with van der Waals surface area (Å²) >= 11 is 0. The van der Waals surface area contributed by atoms with Gasteiger partial charge in [0, 0.05) is 12.8 Å². The molecule has 0 aliphatic carbocycles. The van der Waals surface area contributed by atoms with Crippen molar-refractivity contribution in [2.24, 2.45) is 0 Å². The molecule has 2 aromatic carbocycles. The van der Waals surface area contributed by atoms with Crippen molar-refractivity contribution in [2.75, 3.05) is 0 Å². The Hall–Kier alpha value is -3.62. The number of aliphatic hydroxyl groups is 2. The normalized spacial score (nSPS) is 11.9. The maximum Gasteiger partial charge on any atom is 0.228 e. The van der Waals surface area contributed by atoms with Gasteiger partial charge in [-0.3, -0.25) is 9.59 Å². The predicted molar refractivity (Wildman–Crippen MR) is 109 cm³/mol. The summed E-state index contributed by atoms with van der Waals surface area (Å²) in [6.45, 7) is 0. The number of aromatic hydroxyl groups is 4. The van der Waals surface area contributed by atoms with E-state index in [1.807, 2.05) is 0 Å². The summed E-state index contributed by atoms with van der Waals surface area (Å²) in [5.41, 5.74) is 0.868. The summed E-state index contributed by atoms with van der Waals surface area (Å²) in [6.07, 6.45) is 4.52. The first-order valence-electron chi connectivity index (χ1n) is 9.00. The third-order valence-electron chi connectivity index (χ3n) is 4.23. The molecule has 0 radical (unpaired) electrons. The maximum atomic E-state index is 12.0. The molecule has 0 atom stereocenters. The predicted octanol–water partition coefficient (Wildman–Crippen LogP) is 2.23. The monoisotopic (exact) mass is 414 g/mol. The Morgan fingerprint density at radius 2 is 1.27 bits per heavy atom. The zero-order valence-corrected chi connectivity index (χ0v) is 15.9. The fourth-order valence-electron chi connectivity index (χ4n) is 2.50. The van der Waals surface area contributed by atoms with Crippen molar-refractivity contribution in [3.63, 3.8) is 0 Å². The lowest BCUT2D eigenvalue weighted by atomic mass is 10.0. The molecule has 8 heteroatoms. The smallest absolute Gasteiger partial charge is 0.228 e. The summed E-state index contributed by atoms with van der Waals surface area (Å²) in [5.74, 6) is -5.25. The lowest BCUT2D eigenvalue weighted by Crippen LogP contribution is -2.37. The molecule has 0 amide bonds. The molecule has 8 nitrogen and oxygen atoms in total. The number of hydrogen-bond acceptors (Lipinski definition) is 8. The highest BCUT2D eigenvalue weighted by Gasteiger charge is 2.30. The van der Waals surface area contributed by atoms with Gasteiger partial charge < -0.3 is 30.6 Å². The number of benzene rings is 2. The van der Waals surface area contributed by atoms with Crippen molar-refractivity contribution >= 4 is 23.7 Å². The lowest BCUT2D eigenvalue weighted by molar-refractivity contribution is -0.180. The van der Waals surface area contributed by atoms with Gasteiger partial charge in [-0.1, -0.05) is 24.3 Å². The second-order valence-corrected chi connectivity index (χ2v) is 6.66. The van der Waals surface area contributed by atoms with Crippen molar-refractivity contribution in [3.05, 3.63) is 59.7 Å². The molecule has 0 saturated heterocycles. The first kappa shape index (κ1) is 22.7. The number of rotatable bonds is 9. The van der Waals surface area contributed by atoms with E-state index in [4.69, 9.17) is 0 Å². The molecule has 0 heterocycles. The van der Waals surface area contributed by atoms with Crippen LogP contribution < -0.4 is 0 Å². The molecule has 0 unspecified atom stereocenters. The molecule has 6 N–H and O–H groups in total. The molecular formula is C22H22O8. The van der Waals surface area contributed by atoms with E-state index in [1.165, 1.54) is 54.6 Å². The van der Waals surface area contributed by atoms with Gasteiger partial charge in [0.15, 0.2) is 28.8 Å². The van der Waals surface area contributed by atoms with E-state index in [-0.39, 0.29) is 48.0 Å². The van der Waals surface area contributed by atoms with Gasteiger partial charge in [-0.15, -0.1) is 0 Å². The van der Waals surface area contributed by atoms with Crippen LogP contribution in [0, 0.1) is 0 Å². The first-order valence-corrected chi connectivity index (χ1v) is 9.00. The standard InChI is InChI=1S/C22H22O8/c23-16(7-3-14-4-8-17(24)19(26)12-14)2-1-11-22(29,30)21(28)10-6-15-5-9-18(25)20(27)13-15/h3-10,12-13,24-27,29-30H,1-2,11H2. The average molecular weight is 414 g/mol. The molecule has 0 bridgehead atoms. The van der Waals surface area contributed by atoms with Gasteiger partial charge in [0.1, 0.15) is 0 Å². The third-order valence-corrected chi connectivity index (χ3v) is 4.23. The summed E-state index contributed by atoms with van der Waals surface area (Å²) < 4.78 is 0. The SMILES string of the molecule is O=C(C=Cc1ccc(O)c(O)c1)CCCC(O)(O)C(=O)C=Cc1ccc(O)c(O)c1. The van der Waals surface area contributed by atoms with Crippen LogP contribution in [-0.4, -0.2) is 48.0 Å². The Balaban J connectivity index is 1.85. The second kappa shape index (κ2) is 9.73. The quantitative estimate of drug-likeness (QED) is 0.207. The van der Waals surface area contributed by atoms with Crippen molar-refractivity contribution in [1.82, 2.24) is 0 Å². The number of carbonyl (C=O) groups excluding carboxylic acids is 2. The molecule has 0 aromatic heterocycles. The summed E-state index contributed by atoms with van der Waals surface area (Å²) in [7, 11) is 0. The van der Waals surface area contributed by atoms with Crippen molar-refractivity contribution in [3.8, 4) is 23.0 Å². The van der Waals surface area contributed by atoms with Gasteiger partial charge in [0.05, 0.1) is 0 Å². The minimum Gasteiger partial charge on any atom is -0.504 e. The maximum absolute atomic E-state index is 12.0. The minimum absolute atomic E-state index is 0.0355. The van der Waals surface area contributed by atoms with Crippen LogP contribution >= 0.6 is 0 Å². The van der Waals surface area contributed by atoms with Crippen LogP contribution in [0.4, 0.5) is 0 Å². The molecule has 0 fully saturated rings. The first-order chi connectivity index (χ1) is 14.1. The summed E-state index contributed by atoms with van der Waals surface area (Å²) in [4.78, 5) is 23.9. The van der Waals surface area contributed by atoms with Crippen LogP contribution in [0.2, 0.25) is 0 Å². The number of hydrogen-bond donors (Lipinski definition) is 6. The van der Waals surface area contributed by atoms with Crippen LogP contribution in [-0.2, 0) is 9.59 Å². The molecule has 30 heavy (non-hydrogen) atoms. The highest BCUT2D eigenvalue weighted by Crippen LogP contribution is 2.26. The van der Waals surface area contributed by atoms with Gasteiger partial charge in [0.25, 0.3) is 0 Å². The van der Waals surface area contributed by atoms with Gasteiger partial charge in [-0.05, 0) is 54.0 Å². The fraction of sp³-hybridized carbons (Fsp3) is 0.182. The van der Waals surface area contributed by atoms with E-state index in [0.29, 0.717) is 11.1 Å². The van der Waals surface area contributed by atoms with E-state index in [1.54, 1.807) is 0 Å². The zero-order chi connectivity index (χ0) is 22.3. The molecule has 0 aliphatic heterocycles. The zero-order valence-electron chi connectivity index (χ0n) is 15.9. The number of ketones is 2. The molecule has 2 rings (SSSR count). The van der Waals surface area contributed by atoms with Crippen LogP contribution in [0.25, 0.3) is 12.2 Å². The molecule has 2 aromatic rings. The topological polar surface area (TPSA) is 156 Å². The fourth-order valence-corrected chi connectivity index (χ4v) is 2.50. The van der Waals surface area contributed by atoms with E-state index in [0.717, 1.165) is 6.08 Å². The Morgan fingerprint density at radius 3 is 1.77 bits per heavy atom. The molecule has 158 valence electrons. The summed E-state index contributed by atoms with van der Waals surface area (Å²) in [5, 5.41) is 57.1. The van der Waals surface area contributed by atoms with Gasteiger partial charge >= 0.3 is 0 Å². The Morgan fingerprint density at radius 1 is 0.767 bits per heavy atom. The van der Waals surface area contributed by atoms with Crippen molar-refractivity contribution in [1.29, 1.82) is 0 Å². The molecular weight excluding hydrogens is 392 g/mol. The number of carbonyl (C=O) groups is 2. The average Bonchev–Trinajstić information content (AvgIpc) is 2.69. The van der Waals surface area contributed by atoms with E-state index < -0.39 is 11.6 Å².